The molecule has 0 aliphatic heterocycles. The third-order valence-corrected chi connectivity index (χ3v) is 2.57. The van der Waals surface area contributed by atoms with Crippen molar-refractivity contribution in [1.29, 1.82) is 0 Å². The number of carbonyl (C=O) groups excluding carboxylic acids is 1. The average molecular weight is 221 g/mol. The van der Waals surface area contributed by atoms with Gasteiger partial charge in [-0.15, -0.1) is 0 Å². The molecule has 4 nitrogen and oxygen atoms in total. The van der Waals surface area contributed by atoms with E-state index in [1.165, 1.54) is 0 Å². The molecule has 16 heavy (non-hydrogen) atoms. The van der Waals surface area contributed by atoms with Gasteiger partial charge >= 0.3 is 0 Å². The number of nitrogens with two attached hydrogens (primary N) is 1. The van der Waals surface area contributed by atoms with E-state index in [0.29, 0.717) is 0 Å². The number of pyridine rings is 1. The molecule has 88 valence electrons. The molecule has 0 fully saturated rings. The number of carbonyl (C=O) groups is 1. The Balaban J connectivity index is 2.60. The monoisotopic (exact) mass is 221 g/mol. The van der Waals surface area contributed by atoms with E-state index in [9.17, 15) is 4.79 Å². The molecule has 2 N–H and O–H groups in total. The van der Waals surface area contributed by atoms with Crippen molar-refractivity contribution in [2.45, 2.75) is 32.2 Å². The lowest BCUT2D eigenvalue weighted by Gasteiger charge is -2.21. The zero-order chi connectivity index (χ0) is 12.0. The first-order valence-corrected chi connectivity index (χ1v) is 5.60. The number of nitrogens with zero attached hydrogens (tertiary/aromatic N) is 2. The van der Waals surface area contributed by atoms with Crippen molar-refractivity contribution < 1.29 is 4.79 Å². The highest BCUT2D eigenvalue weighted by Crippen LogP contribution is 2.12. The Morgan fingerprint density at radius 3 is 2.69 bits per heavy atom. The van der Waals surface area contributed by atoms with E-state index in [2.05, 4.69) is 11.9 Å². The van der Waals surface area contributed by atoms with Crippen LogP contribution in [0.5, 0.6) is 0 Å². The summed E-state index contributed by atoms with van der Waals surface area (Å²) in [7, 11) is 1.74. The third-order valence-electron chi connectivity index (χ3n) is 2.57. The molecular formula is C12H19N3O. The molecule has 0 aliphatic rings. The zero-order valence-corrected chi connectivity index (χ0v) is 9.89. The Morgan fingerprint density at radius 1 is 1.50 bits per heavy atom. The number of likely N-dealkylation sites (N-methyl/N-ethyl adjacent to an activating group) is 1. The molecule has 1 rings (SSSR count). The van der Waals surface area contributed by atoms with Crippen molar-refractivity contribution in [3.63, 3.8) is 0 Å². The van der Waals surface area contributed by atoms with Crippen molar-refractivity contribution in [2.75, 3.05) is 11.9 Å². The zero-order valence-electron chi connectivity index (χ0n) is 9.89. The second-order valence-corrected chi connectivity index (χ2v) is 3.85. The fourth-order valence-corrected chi connectivity index (χ4v) is 1.49. The maximum Gasteiger partial charge on any atom is 0.243 e. The first kappa shape index (κ1) is 12.6. The van der Waals surface area contributed by atoms with Gasteiger partial charge in [-0.25, -0.2) is 0 Å². The summed E-state index contributed by atoms with van der Waals surface area (Å²) in [6.45, 7) is 2.09. The van der Waals surface area contributed by atoms with Gasteiger partial charge in [-0.05, 0) is 18.6 Å². The van der Waals surface area contributed by atoms with Gasteiger partial charge < -0.3 is 10.6 Å². The molecule has 1 unspecified atom stereocenters. The molecule has 1 aromatic rings. The quantitative estimate of drug-likeness (QED) is 0.821. The van der Waals surface area contributed by atoms with Crippen molar-refractivity contribution in [1.82, 2.24) is 4.98 Å². The molecule has 1 atom stereocenters. The van der Waals surface area contributed by atoms with Crippen LogP contribution in [-0.2, 0) is 4.79 Å². The van der Waals surface area contributed by atoms with E-state index in [0.717, 1.165) is 24.9 Å². The Kier molecular flexibility index (Phi) is 4.92. The van der Waals surface area contributed by atoms with Crippen LogP contribution in [0.3, 0.4) is 0 Å². The number of aromatic nitrogens is 1. The van der Waals surface area contributed by atoms with Crippen LogP contribution in [0, 0.1) is 0 Å². The Labute approximate surface area is 96.5 Å². The van der Waals surface area contributed by atoms with E-state index in [1.54, 1.807) is 36.5 Å². The van der Waals surface area contributed by atoms with Gasteiger partial charge in [0.2, 0.25) is 5.91 Å². The molecule has 0 saturated carbocycles. The summed E-state index contributed by atoms with van der Waals surface area (Å²) in [6, 6.07) is 3.19. The van der Waals surface area contributed by atoms with Crippen LogP contribution in [0.15, 0.2) is 24.5 Å². The standard InChI is InChI=1S/C12H19N3O/c1-3-4-5-11(13)12(16)15(2)10-6-8-14-9-7-10/h6-9,11H,3-5,13H2,1-2H3. The maximum atomic E-state index is 11.9. The lowest BCUT2D eigenvalue weighted by molar-refractivity contribution is -0.119. The first-order valence-electron chi connectivity index (χ1n) is 5.60. The van der Waals surface area contributed by atoms with Crippen LogP contribution in [0.25, 0.3) is 0 Å². The van der Waals surface area contributed by atoms with Gasteiger partial charge in [-0.2, -0.15) is 0 Å². The van der Waals surface area contributed by atoms with Crippen molar-refractivity contribution in [3.8, 4) is 0 Å². The SMILES string of the molecule is CCCCC(N)C(=O)N(C)c1ccncc1. The first-order chi connectivity index (χ1) is 7.66. The van der Waals surface area contributed by atoms with Gasteiger partial charge in [-0.1, -0.05) is 19.8 Å². The van der Waals surface area contributed by atoms with E-state index < -0.39 is 6.04 Å². The summed E-state index contributed by atoms with van der Waals surface area (Å²) in [6.07, 6.45) is 6.11. The third kappa shape index (κ3) is 3.31. The summed E-state index contributed by atoms with van der Waals surface area (Å²) in [5.41, 5.74) is 6.66. The van der Waals surface area contributed by atoms with Crippen molar-refractivity contribution in [3.05, 3.63) is 24.5 Å². The molecule has 4 heteroatoms. The summed E-state index contributed by atoms with van der Waals surface area (Å²) in [5.74, 6) is -0.0420. The highest BCUT2D eigenvalue weighted by atomic mass is 16.2. The van der Waals surface area contributed by atoms with Crippen LogP contribution >= 0.6 is 0 Å². The van der Waals surface area contributed by atoms with Gasteiger partial charge in [0, 0.05) is 25.1 Å². The predicted octanol–water partition coefficient (Wildman–Crippen LogP) is 1.56. The summed E-state index contributed by atoms with van der Waals surface area (Å²) < 4.78 is 0. The van der Waals surface area contributed by atoms with Gasteiger partial charge in [0.1, 0.15) is 0 Å². The van der Waals surface area contributed by atoms with E-state index >= 15 is 0 Å². The fraction of sp³-hybridized carbons (Fsp3) is 0.500. The number of anilines is 1. The predicted molar refractivity (Wildman–Crippen MR) is 65.1 cm³/mol. The molecule has 1 heterocycles. The second kappa shape index (κ2) is 6.23. The Bertz CT molecular complexity index is 326. The second-order valence-electron chi connectivity index (χ2n) is 3.85. The number of amides is 1. The van der Waals surface area contributed by atoms with Crippen LogP contribution in [0.1, 0.15) is 26.2 Å². The van der Waals surface area contributed by atoms with Gasteiger partial charge in [0.05, 0.1) is 6.04 Å². The van der Waals surface area contributed by atoms with E-state index in [4.69, 9.17) is 5.73 Å². The van der Waals surface area contributed by atoms with Crippen LogP contribution < -0.4 is 10.6 Å². The molecule has 0 saturated heterocycles. The molecule has 0 aliphatic carbocycles. The van der Waals surface area contributed by atoms with E-state index in [-0.39, 0.29) is 5.91 Å². The topological polar surface area (TPSA) is 59.2 Å². The number of hydrogen-bond acceptors (Lipinski definition) is 3. The van der Waals surface area contributed by atoms with Crippen LogP contribution in [0.2, 0.25) is 0 Å². The number of hydrogen-bond donors (Lipinski definition) is 1. The van der Waals surface area contributed by atoms with Crippen molar-refractivity contribution >= 4 is 11.6 Å². The molecule has 0 radical (unpaired) electrons. The molecule has 0 spiro atoms. The molecule has 0 bridgehead atoms. The van der Waals surface area contributed by atoms with E-state index in [1.807, 2.05) is 0 Å². The molecule has 1 amide bonds. The Hall–Kier alpha value is -1.42. The van der Waals surface area contributed by atoms with Gasteiger partial charge in [0.25, 0.3) is 0 Å². The van der Waals surface area contributed by atoms with Gasteiger partial charge in [-0.3, -0.25) is 9.78 Å². The Morgan fingerprint density at radius 2 is 2.12 bits per heavy atom. The lowest BCUT2D eigenvalue weighted by atomic mass is 10.1. The highest BCUT2D eigenvalue weighted by molar-refractivity contribution is 5.96. The van der Waals surface area contributed by atoms with Crippen molar-refractivity contribution in [2.24, 2.45) is 5.73 Å². The largest absolute Gasteiger partial charge is 0.320 e. The highest BCUT2D eigenvalue weighted by Gasteiger charge is 2.18. The summed E-state index contributed by atoms with van der Waals surface area (Å²) in [5, 5.41) is 0. The lowest BCUT2D eigenvalue weighted by Crippen LogP contribution is -2.41. The number of unbranched alkanes of at least 4 members (excludes halogenated alkanes) is 1. The molecular weight excluding hydrogens is 202 g/mol. The molecule has 0 aromatic carbocycles. The fourth-order valence-electron chi connectivity index (χ4n) is 1.49. The minimum Gasteiger partial charge on any atom is -0.320 e. The smallest absolute Gasteiger partial charge is 0.243 e. The van der Waals surface area contributed by atoms with Gasteiger partial charge in [0.15, 0.2) is 0 Å². The van der Waals surface area contributed by atoms with Crippen LogP contribution in [-0.4, -0.2) is 24.0 Å². The maximum absolute atomic E-state index is 11.9. The van der Waals surface area contributed by atoms with Crippen LogP contribution in [0.4, 0.5) is 5.69 Å². The summed E-state index contributed by atoms with van der Waals surface area (Å²) in [4.78, 5) is 17.4. The molecule has 1 aromatic heterocycles. The summed E-state index contributed by atoms with van der Waals surface area (Å²) >= 11 is 0. The number of rotatable bonds is 5. The minimum absolute atomic E-state index is 0.0420. The minimum atomic E-state index is -0.405. The average Bonchev–Trinajstić information content (AvgIpc) is 2.35. The normalized spacial score (nSPS) is 12.2.